The molecule has 1 aromatic carbocycles. The number of aromatic nitrogens is 2. The summed E-state index contributed by atoms with van der Waals surface area (Å²) in [4.78, 5) is 25.4. The van der Waals surface area contributed by atoms with E-state index in [9.17, 15) is 9.59 Å². The Labute approximate surface area is 145 Å². The molecule has 1 aliphatic rings. The number of rotatable bonds is 5. The van der Waals surface area contributed by atoms with E-state index in [4.69, 9.17) is 5.73 Å². The lowest BCUT2D eigenvalue weighted by Crippen LogP contribution is -2.41. The Kier molecular flexibility index (Phi) is 5.17. The second-order valence-electron chi connectivity index (χ2n) is 6.15. The van der Waals surface area contributed by atoms with Crippen molar-refractivity contribution in [2.75, 3.05) is 23.3 Å². The molecule has 132 valence electrons. The van der Waals surface area contributed by atoms with Gasteiger partial charge in [0, 0.05) is 31.5 Å². The lowest BCUT2D eigenvalue weighted by atomic mass is 9.97. The van der Waals surface area contributed by atoms with Crippen molar-refractivity contribution in [3.05, 3.63) is 42.2 Å². The first-order valence-corrected chi connectivity index (χ1v) is 8.28. The molecule has 0 radical (unpaired) electrons. The molecule has 8 heteroatoms. The predicted octanol–water partition coefficient (Wildman–Crippen LogP) is 1.43. The smallest absolute Gasteiger partial charge is 0.319 e. The van der Waals surface area contributed by atoms with Crippen molar-refractivity contribution < 1.29 is 9.59 Å². The number of hydrogen-bond acceptors (Lipinski definition) is 4. The van der Waals surface area contributed by atoms with Gasteiger partial charge in [0.25, 0.3) is 0 Å². The molecule has 1 aromatic heterocycles. The Morgan fingerprint density at radius 1 is 1.32 bits per heavy atom. The number of hydrogen-bond donors (Lipinski definition) is 4. The summed E-state index contributed by atoms with van der Waals surface area (Å²) in [5, 5.41) is 11.9. The van der Waals surface area contributed by atoms with E-state index in [1.54, 1.807) is 6.20 Å². The van der Waals surface area contributed by atoms with Gasteiger partial charge in [-0.15, -0.1) is 0 Å². The number of nitrogens with two attached hydrogens (primary N) is 1. The number of aromatic amines is 1. The first-order valence-electron chi connectivity index (χ1n) is 8.28. The minimum absolute atomic E-state index is 0.0817. The average Bonchev–Trinajstić information content (AvgIpc) is 3.13. The van der Waals surface area contributed by atoms with Crippen LogP contribution in [0.2, 0.25) is 0 Å². The molecular weight excluding hydrogens is 320 g/mol. The van der Waals surface area contributed by atoms with E-state index in [-0.39, 0.29) is 17.9 Å². The van der Waals surface area contributed by atoms with Gasteiger partial charge in [0.05, 0.1) is 17.8 Å². The van der Waals surface area contributed by atoms with Crippen molar-refractivity contribution in [2.24, 2.45) is 11.7 Å². The third-order valence-electron chi connectivity index (χ3n) is 4.33. The van der Waals surface area contributed by atoms with E-state index in [0.29, 0.717) is 18.8 Å². The molecule has 0 saturated carbocycles. The molecule has 5 N–H and O–H groups in total. The van der Waals surface area contributed by atoms with Gasteiger partial charge in [-0.25, -0.2) is 4.79 Å². The summed E-state index contributed by atoms with van der Waals surface area (Å²) in [6.07, 6.45) is 4.96. The monoisotopic (exact) mass is 342 g/mol. The first kappa shape index (κ1) is 16.8. The van der Waals surface area contributed by atoms with Gasteiger partial charge in [-0.1, -0.05) is 12.1 Å². The number of nitrogens with zero attached hydrogens (tertiary/aromatic N) is 2. The molecule has 0 bridgehead atoms. The van der Waals surface area contributed by atoms with Crippen LogP contribution < -0.4 is 21.3 Å². The van der Waals surface area contributed by atoms with Crippen molar-refractivity contribution in [1.82, 2.24) is 15.5 Å². The van der Waals surface area contributed by atoms with Crippen LogP contribution in [-0.2, 0) is 11.3 Å². The number of anilines is 2. The highest BCUT2D eigenvalue weighted by Crippen LogP contribution is 2.23. The fourth-order valence-electron chi connectivity index (χ4n) is 2.95. The summed E-state index contributed by atoms with van der Waals surface area (Å²) in [6.45, 7) is 2.02. The first-order chi connectivity index (χ1) is 12.1. The zero-order valence-corrected chi connectivity index (χ0v) is 13.9. The van der Waals surface area contributed by atoms with E-state index in [1.165, 1.54) is 6.20 Å². The fraction of sp³-hybridized carbons (Fsp3) is 0.353. The summed E-state index contributed by atoms with van der Waals surface area (Å²) >= 11 is 0. The molecule has 0 unspecified atom stereocenters. The molecule has 25 heavy (non-hydrogen) atoms. The molecule has 1 aliphatic heterocycles. The van der Waals surface area contributed by atoms with Crippen LogP contribution in [0.1, 0.15) is 18.4 Å². The number of carbonyl (C=O) groups is 2. The summed E-state index contributed by atoms with van der Waals surface area (Å²) in [5.41, 5.74) is 8.11. The lowest BCUT2D eigenvalue weighted by molar-refractivity contribution is -0.122. The summed E-state index contributed by atoms with van der Waals surface area (Å²) in [7, 11) is 0. The average molecular weight is 342 g/mol. The van der Waals surface area contributed by atoms with E-state index in [2.05, 4.69) is 25.7 Å². The zero-order valence-electron chi connectivity index (χ0n) is 13.9. The maximum Gasteiger partial charge on any atom is 0.319 e. The Bertz CT molecular complexity index is 713. The van der Waals surface area contributed by atoms with Crippen LogP contribution in [0, 0.1) is 5.92 Å². The molecule has 1 atom stereocenters. The van der Waals surface area contributed by atoms with Crippen molar-refractivity contribution in [1.29, 1.82) is 0 Å². The number of urea groups is 1. The normalized spacial score (nSPS) is 17.1. The van der Waals surface area contributed by atoms with Gasteiger partial charge in [0.1, 0.15) is 0 Å². The minimum atomic E-state index is -0.286. The maximum absolute atomic E-state index is 11.8. The number of amides is 3. The quantitative estimate of drug-likeness (QED) is 0.658. The van der Waals surface area contributed by atoms with E-state index in [1.807, 2.05) is 24.3 Å². The van der Waals surface area contributed by atoms with Crippen LogP contribution in [0.3, 0.4) is 0 Å². The molecule has 2 aromatic rings. The van der Waals surface area contributed by atoms with Gasteiger partial charge in [-0.3, -0.25) is 9.89 Å². The number of primary amides is 1. The van der Waals surface area contributed by atoms with Crippen LogP contribution >= 0.6 is 0 Å². The maximum atomic E-state index is 11.8. The molecule has 2 heterocycles. The van der Waals surface area contributed by atoms with E-state index in [0.717, 1.165) is 30.6 Å². The highest BCUT2D eigenvalue weighted by molar-refractivity contribution is 5.88. The third-order valence-corrected chi connectivity index (χ3v) is 4.33. The van der Waals surface area contributed by atoms with Crippen LogP contribution in [0.5, 0.6) is 0 Å². The molecule has 8 nitrogen and oxygen atoms in total. The lowest BCUT2D eigenvalue weighted by Gasteiger charge is -2.33. The predicted molar refractivity (Wildman–Crippen MR) is 95.0 cm³/mol. The largest absolute Gasteiger partial charge is 0.371 e. The molecule has 3 rings (SSSR count). The van der Waals surface area contributed by atoms with Crippen LogP contribution in [0.25, 0.3) is 0 Å². The third kappa shape index (κ3) is 4.50. The van der Waals surface area contributed by atoms with Gasteiger partial charge < -0.3 is 21.3 Å². The number of benzene rings is 1. The fourth-order valence-corrected chi connectivity index (χ4v) is 2.95. The highest BCUT2D eigenvalue weighted by atomic mass is 16.2. The molecule has 3 amide bonds. The SMILES string of the molecule is NC(=O)[C@@H]1CCCN(c2ccc(CNC(=O)Nc3cn[nH]c3)cc2)C1. The summed E-state index contributed by atoms with van der Waals surface area (Å²) in [5.74, 6) is -0.309. The molecule has 0 aliphatic carbocycles. The molecule has 1 fully saturated rings. The van der Waals surface area contributed by atoms with Crippen LogP contribution in [0.4, 0.5) is 16.2 Å². The van der Waals surface area contributed by atoms with Crippen LogP contribution in [-0.4, -0.2) is 35.2 Å². The van der Waals surface area contributed by atoms with Crippen molar-refractivity contribution in [2.45, 2.75) is 19.4 Å². The Morgan fingerprint density at radius 2 is 2.12 bits per heavy atom. The Hall–Kier alpha value is -3.03. The number of nitrogens with one attached hydrogen (secondary N) is 3. The summed E-state index contributed by atoms with van der Waals surface area (Å²) < 4.78 is 0. The van der Waals surface area contributed by atoms with Gasteiger partial charge in [0.2, 0.25) is 5.91 Å². The number of H-pyrrole nitrogens is 1. The summed E-state index contributed by atoms with van der Waals surface area (Å²) in [6, 6.07) is 7.68. The van der Waals surface area contributed by atoms with Crippen molar-refractivity contribution in [3.8, 4) is 0 Å². The van der Waals surface area contributed by atoms with Gasteiger partial charge in [0.15, 0.2) is 0 Å². The number of piperidine rings is 1. The topological polar surface area (TPSA) is 116 Å². The van der Waals surface area contributed by atoms with Gasteiger partial charge in [-0.2, -0.15) is 5.10 Å². The highest BCUT2D eigenvalue weighted by Gasteiger charge is 2.23. The second kappa shape index (κ2) is 7.69. The molecule has 0 spiro atoms. The molecule has 1 saturated heterocycles. The minimum Gasteiger partial charge on any atom is -0.371 e. The van der Waals surface area contributed by atoms with Crippen molar-refractivity contribution in [3.63, 3.8) is 0 Å². The Morgan fingerprint density at radius 3 is 2.80 bits per heavy atom. The van der Waals surface area contributed by atoms with E-state index < -0.39 is 0 Å². The standard InChI is InChI=1S/C17H22N6O2/c18-16(24)13-2-1-7-23(11-13)15-5-3-12(4-6-15)8-19-17(25)22-14-9-20-21-10-14/h3-6,9-10,13H,1-2,7-8,11H2,(H2,18,24)(H,20,21)(H2,19,22,25)/t13-/m1/s1. The van der Waals surface area contributed by atoms with E-state index >= 15 is 0 Å². The van der Waals surface area contributed by atoms with Crippen molar-refractivity contribution >= 4 is 23.3 Å². The second-order valence-corrected chi connectivity index (χ2v) is 6.15. The molecular formula is C17H22N6O2. The zero-order chi connectivity index (χ0) is 17.6. The van der Waals surface area contributed by atoms with Crippen LogP contribution in [0.15, 0.2) is 36.7 Å². The van der Waals surface area contributed by atoms with Gasteiger partial charge >= 0.3 is 6.03 Å². The number of carbonyl (C=O) groups excluding carboxylic acids is 2. The van der Waals surface area contributed by atoms with Gasteiger partial charge in [-0.05, 0) is 30.5 Å². The Balaban J connectivity index is 1.51.